The van der Waals surface area contributed by atoms with Gasteiger partial charge in [0.1, 0.15) is 5.60 Å². The van der Waals surface area contributed by atoms with E-state index in [1.54, 1.807) is 6.92 Å². The summed E-state index contributed by atoms with van der Waals surface area (Å²) >= 11 is 5.88. The maximum absolute atomic E-state index is 10.1. The van der Waals surface area contributed by atoms with Crippen molar-refractivity contribution in [2.45, 2.75) is 51.6 Å². The van der Waals surface area contributed by atoms with Gasteiger partial charge >= 0.3 is 0 Å². The summed E-state index contributed by atoms with van der Waals surface area (Å²) in [6.07, 6.45) is 5.32. The average Bonchev–Trinajstić information content (AvgIpc) is 2.33. The Kier molecular flexibility index (Phi) is 6.25. The van der Waals surface area contributed by atoms with E-state index in [-0.39, 0.29) is 0 Å². The Hall–Kier alpha value is -0.970. The lowest BCUT2D eigenvalue weighted by Crippen LogP contribution is -2.21. The van der Waals surface area contributed by atoms with Gasteiger partial charge in [-0.25, -0.2) is 0 Å². The molecule has 1 aromatic carbocycles. The summed E-state index contributed by atoms with van der Waals surface area (Å²) in [4.78, 5) is 0. The van der Waals surface area contributed by atoms with Crippen LogP contribution in [0.2, 0.25) is 5.02 Å². The van der Waals surface area contributed by atoms with Crippen LogP contribution >= 0.6 is 11.6 Å². The molecule has 0 amide bonds. The van der Waals surface area contributed by atoms with Gasteiger partial charge in [-0.05, 0) is 38.0 Å². The van der Waals surface area contributed by atoms with Gasteiger partial charge in [0.2, 0.25) is 0 Å². The molecule has 98 valence electrons. The summed E-state index contributed by atoms with van der Waals surface area (Å²) in [5.41, 5.74) is -0.0629. The van der Waals surface area contributed by atoms with E-state index < -0.39 is 5.60 Å². The molecule has 0 aliphatic rings. The molecule has 1 aromatic rings. The molecule has 1 nitrogen and oxygen atoms in total. The first-order valence-electron chi connectivity index (χ1n) is 6.54. The van der Waals surface area contributed by atoms with Crippen molar-refractivity contribution >= 4 is 11.6 Å². The van der Waals surface area contributed by atoms with E-state index in [0.29, 0.717) is 5.02 Å². The Balaban J connectivity index is 2.54. The minimum Gasteiger partial charge on any atom is -0.378 e. The van der Waals surface area contributed by atoms with Crippen molar-refractivity contribution in [3.8, 4) is 11.8 Å². The Morgan fingerprint density at radius 3 is 2.72 bits per heavy atom. The maximum atomic E-state index is 10.1. The SMILES string of the molecule is CCCCCCC(C)(O)C#Cc1cccc(Cl)c1. The second kappa shape index (κ2) is 7.46. The summed E-state index contributed by atoms with van der Waals surface area (Å²) in [5, 5.41) is 10.8. The quantitative estimate of drug-likeness (QED) is 0.617. The summed E-state index contributed by atoms with van der Waals surface area (Å²) < 4.78 is 0. The molecule has 18 heavy (non-hydrogen) atoms. The number of rotatable bonds is 5. The molecule has 0 aromatic heterocycles. The zero-order valence-electron chi connectivity index (χ0n) is 11.2. The van der Waals surface area contributed by atoms with Gasteiger partial charge in [-0.15, -0.1) is 0 Å². The number of aliphatic hydroxyl groups is 1. The molecule has 0 fully saturated rings. The van der Waals surface area contributed by atoms with Gasteiger partial charge in [0, 0.05) is 10.6 Å². The molecule has 1 unspecified atom stereocenters. The molecule has 1 N–H and O–H groups in total. The highest BCUT2D eigenvalue weighted by Gasteiger charge is 2.15. The van der Waals surface area contributed by atoms with Gasteiger partial charge in [0.05, 0.1) is 0 Å². The topological polar surface area (TPSA) is 20.2 Å². The molecule has 0 radical (unpaired) electrons. The second-order valence-electron chi connectivity index (χ2n) is 4.84. The molecular weight excluding hydrogens is 244 g/mol. The zero-order chi connectivity index (χ0) is 13.4. The fourth-order valence-corrected chi connectivity index (χ4v) is 1.92. The monoisotopic (exact) mass is 264 g/mol. The third-order valence-electron chi connectivity index (χ3n) is 2.82. The smallest absolute Gasteiger partial charge is 0.123 e. The van der Waals surface area contributed by atoms with E-state index in [2.05, 4.69) is 18.8 Å². The molecular formula is C16H21ClO. The van der Waals surface area contributed by atoms with E-state index >= 15 is 0 Å². The molecule has 0 spiro atoms. The van der Waals surface area contributed by atoms with Crippen LogP contribution in [-0.2, 0) is 0 Å². The summed E-state index contributed by atoms with van der Waals surface area (Å²) in [5.74, 6) is 5.91. The summed E-state index contributed by atoms with van der Waals surface area (Å²) in [6.45, 7) is 3.95. The number of hydrogen-bond donors (Lipinski definition) is 1. The molecule has 1 atom stereocenters. The average molecular weight is 265 g/mol. The van der Waals surface area contributed by atoms with Gasteiger partial charge < -0.3 is 5.11 Å². The van der Waals surface area contributed by atoms with E-state index in [1.165, 1.54) is 12.8 Å². The van der Waals surface area contributed by atoms with Crippen LogP contribution in [0, 0.1) is 11.8 Å². The van der Waals surface area contributed by atoms with E-state index in [4.69, 9.17) is 11.6 Å². The Labute approximate surface area is 115 Å². The molecule has 0 aliphatic carbocycles. The molecule has 0 saturated carbocycles. The predicted molar refractivity (Wildman–Crippen MR) is 77.7 cm³/mol. The molecule has 0 saturated heterocycles. The Morgan fingerprint density at radius 2 is 2.06 bits per heavy atom. The first-order chi connectivity index (χ1) is 8.53. The molecule has 0 heterocycles. The van der Waals surface area contributed by atoms with Crippen molar-refractivity contribution in [3.63, 3.8) is 0 Å². The van der Waals surface area contributed by atoms with Crippen molar-refractivity contribution < 1.29 is 5.11 Å². The summed E-state index contributed by atoms with van der Waals surface area (Å²) in [7, 11) is 0. The van der Waals surface area contributed by atoms with Crippen molar-refractivity contribution in [2.24, 2.45) is 0 Å². The van der Waals surface area contributed by atoms with Crippen LogP contribution in [0.15, 0.2) is 24.3 Å². The van der Waals surface area contributed by atoms with Gasteiger partial charge in [-0.2, -0.15) is 0 Å². The van der Waals surface area contributed by atoms with Crippen LogP contribution in [0.5, 0.6) is 0 Å². The van der Waals surface area contributed by atoms with Crippen LogP contribution in [0.3, 0.4) is 0 Å². The van der Waals surface area contributed by atoms with Gasteiger partial charge in [0.25, 0.3) is 0 Å². The van der Waals surface area contributed by atoms with E-state index in [9.17, 15) is 5.11 Å². The minimum atomic E-state index is -0.907. The van der Waals surface area contributed by atoms with Gasteiger partial charge in [-0.3, -0.25) is 0 Å². The lowest BCUT2D eigenvalue weighted by atomic mass is 9.98. The van der Waals surface area contributed by atoms with Crippen LogP contribution in [0.1, 0.15) is 51.5 Å². The lowest BCUT2D eigenvalue weighted by Gasteiger charge is -2.15. The van der Waals surface area contributed by atoms with Crippen molar-refractivity contribution in [1.29, 1.82) is 0 Å². The Morgan fingerprint density at radius 1 is 1.28 bits per heavy atom. The predicted octanol–water partition coefficient (Wildman–Crippen LogP) is 4.41. The highest BCUT2D eigenvalue weighted by atomic mass is 35.5. The van der Waals surface area contributed by atoms with Crippen LogP contribution in [0.4, 0.5) is 0 Å². The van der Waals surface area contributed by atoms with Crippen molar-refractivity contribution in [1.82, 2.24) is 0 Å². The van der Waals surface area contributed by atoms with Crippen molar-refractivity contribution in [2.75, 3.05) is 0 Å². The Bertz CT molecular complexity index is 426. The van der Waals surface area contributed by atoms with Crippen LogP contribution < -0.4 is 0 Å². The summed E-state index contributed by atoms with van der Waals surface area (Å²) in [6, 6.07) is 7.38. The second-order valence-corrected chi connectivity index (χ2v) is 5.28. The van der Waals surface area contributed by atoms with Crippen LogP contribution in [0.25, 0.3) is 0 Å². The molecule has 0 bridgehead atoms. The lowest BCUT2D eigenvalue weighted by molar-refractivity contribution is 0.109. The number of benzene rings is 1. The molecule has 0 aliphatic heterocycles. The van der Waals surface area contributed by atoms with Gasteiger partial charge in [0.15, 0.2) is 0 Å². The number of halogens is 1. The minimum absolute atomic E-state index is 0.671. The largest absolute Gasteiger partial charge is 0.378 e. The zero-order valence-corrected chi connectivity index (χ0v) is 11.9. The van der Waals surface area contributed by atoms with Crippen LogP contribution in [-0.4, -0.2) is 10.7 Å². The standard InChI is InChI=1S/C16H21ClO/c1-3-4-5-6-11-16(2,18)12-10-14-8-7-9-15(17)13-14/h7-9,13,18H,3-6,11H2,1-2H3. The maximum Gasteiger partial charge on any atom is 0.123 e. The van der Waals surface area contributed by atoms with Crippen molar-refractivity contribution in [3.05, 3.63) is 34.9 Å². The highest BCUT2D eigenvalue weighted by Crippen LogP contribution is 2.15. The normalized spacial score (nSPS) is 13.6. The first kappa shape index (κ1) is 15.1. The third-order valence-corrected chi connectivity index (χ3v) is 3.05. The van der Waals surface area contributed by atoms with Gasteiger partial charge in [-0.1, -0.05) is 55.7 Å². The fraction of sp³-hybridized carbons (Fsp3) is 0.500. The third kappa shape index (κ3) is 6.10. The fourth-order valence-electron chi connectivity index (χ4n) is 1.73. The number of hydrogen-bond acceptors (Lipinski definition) is 1. The van der Waals surface area contributed by atoms with E-state index in [0.717, 1.165) is 24.8 Å². The highest BCUT2D eigenvalue weighted by molar-refractivity contribution is 6.30. The molecule has 2 heteroatoms. The number of unbranched alkanes of at least 4 members (excludes halogenated alkanes) is 3. The first-order valence-corrected chi connectivity index (χ1v) is 6.92. The van der Waals surface area contributed by atoms with E-state index in [1.807, 2.05) is 24.3 Å². The molecule has 1 rings (SSSR count).